The van der Waals surface area contributed by atoms with Gasteiger partial charge in [0, 0.05) is 24.2 Å². The number of rotatable bonds is 13. The Bertz CT molecular complexity index is 1870. The van der Waals surface area contributed by atoms with E-state index >= 15 is 0 Å². The van der Waals surface area contributed by atoms with E-state index in [-0.39, 0.29) is 24.8 Å². The number of benzene rings is 4. The molecule has 1 heterocycles. The van der Waals surface area contributed by atoms with E-state index in [2.05, 4.69) is 15.0 Å². The van der Waals surface area contributed by atoms with Gasteiger partial charge in [-0.3, -0.25) is 4.72 Å². The summed E-state index contributed by atoms with van der Waals surface area (Å²) in [7, 11) is -3.59. The monoisotopic (exact) mass is 613 g/mol. The number of carboxylic acid groups (broad SMARTS) is 1. The van der Waals surface area contributed by atoms with Crippen molar-refractivity contribution in [3.63, 3.8) is 0 Å². The SMILES string of the molecule is C[C@H](Cc1c[nH]c2c(C(=O)O)cccc12)NC[C@H](O)c1ccccc1-c1ccc(OCc2ccccc2)c(NS(C)(=O)=O)c1. The van der Waals surface area contributed by atoms with E-state index in [4.69, 9.17) is 4.74 Å². The molecule has 44 heavy (non-hydrogen) atoms. The van der Waals surface area contributed by atoms with Crippen molar-refractivity contribution in [3.05, 3.63) is 119 Å². The number of aliphatic hydroxyl groups excluding tert-OH is 1. The molecule has 0 spiro atoms. The molecule has 0 fully saturated rings. The standard InChI is InChI=1S/C34H35N3O6S/c1-22(17-25-19-36-33-27(25)13-8-14-29(33)34(39)40)35-20-31(38)28-12-7-6-11-26(28)24-15-16-32(30(18-24)37-44(2,41)42)43-21-23-9-4-3-5-10-23/h3-16,18-19,22,31,35-38H,17,20-21H2,1-2H3,(H,39,40)/t22-,31+/m1/s1. The molecule has 0 bridgehead atoms. The van der Waals surface area contributed by atoms with Crippen molar-refractivity contribution in [3.8, 4) is 16.9 Å². The van der Waals surface area contributed by atoms with Gasteiger partial charge >= 0.3 is 5.97 Å². The smallest absolute Gasteiger partial charge is 0.337 e. The number of aromatic amines is 1. The second kappa shape index (κ2) is 13.3. The van der Waals surface area contributed by atoms with Crippen molar-refractivity contribution >= 4 is 32.6 Å². The fourth-order valence-electron chi connectivity index (χ4n) is 5.27. The Morgan fingerprint density at radius 2 is 1.73 bits per heavy atom. The maximum absolute atomic E-state index is 12.2. The molecular weight excluding hydrogens is 578 g/mol. The zero-order chi connectivity index (χ0) is 31.3. The number of aromatic carboxylic acids is 1. The van der Waals surface area contributed by atoms with Gasteiger partial charge in [-0.05, 0) is 59.4 Å². The number of ether oxygens (including phenoxy) is 1. The first-order valence-corrected chi connectivity index (χ1v) is 16.1. The van der Waals surface area contributed by atoms with Crippen LogP contribution in [0.2, 0.25) is 0 Å². The van der Waals surface area contributed by atoms with Gasteiger partial charge in [0.1, 0.15) is 12.4 Å². The minimum Gasteiger partial charge on any atom is -0.487 e. The third-order valence-electron chi connectivity index (χ3n) is 7.36. The minimum absolute atomic E-state index is 0.0177. The molecule has 228 valence electrons. The van der Waals surface area contributed by atoms with Crippen molar-refractivity contribution in [2.45, 2.75) is 32.1 Å². The van der Waals surface area contributed by atoms with Crippen LogP contribution in [0.3, 0.4) is 0 Å². The summed E-state index contributed by atoms with van der Waals surface area (Å²) in [5, 5.41) is 25.0. The quantitative estimate of drug-likeness (QED) is 0.114. The number of nitrogens with one attached hydrogen (secondary N) is 3. The van der Waals surface area contributed by atoms with Crippen LogP contribution in [0.25, 0.3) is 22.0 Å². The Morgan fingerprint density at radius 1 is 0.977 bits per heavy atom. The third kappa shape index (κ3) is 7.46. The lowest BCUT2D eigenvalue weighted by atomic mass is 9.95. The average Bonchev–Trinajstić information content (AvgIpc) is 3.41. The van der Waals surface area contributed by atoms with Crippen molar-refractivity contribution in [1.82, 2.24) is 10.3 Å². The summed E-state index contributed by atoms with van der Waals surface area (Å²) in [5.41, 5.74) is 5.24. The van der Waals surface area contributed by atoms with E-state index in [0.717, 1.165) is 33.9 Å². The predicted octanol–water partition coefficient (Wildman–Crippen LogP) is 5.74. The third-order valence-corrected chi connectivity index (χ3v) is 7.95. The molecule has 1 aromatic heterocycles. The zero-order valence-corrected chi connectivity index (χ0v) is 25.3. The molecule has 0 amide bonds. The molecule has 0 radical (unpaired) electrons. The minimum atomic E-state index is -3.59. The molecule has 5 N–H and O–H groups in total. The molecule has 2 atom stereocenters. The normalized spacial score (nSPS) is 13.0. The number of carbonyl (C=O) groups is 1. The molecule has 4 aromatic carbocycles. The largest absolute Gasteiger partial charge is 0.487 e. The predicted molar refractivity (Wildman–Crippen MR) is 173 cm³/mol. The first kappa shape index (κ1) is 30.8. The Morgan fingerprint density at radius 3 is 2.48 bits per heavy atom. The van der Waals surface area contributed by atoms with Crippen molar-refractivity contribution < 1.29 is 28.2 Å². The highest BCUT2D eigenvalue weighted by atomic mass is 32.2. The lowest BCUT2D eigenvalue weighted by molar-refractivity contribution is 0.0698. The Kier molecular flexibility index (Phi) is 9.34. The lowest BCUT2D eigenvalue weighted by Gasteiger charge is -2.20. The summed E-state index contributed by atoms with van der Waals surface area (Å²) in [6, 6.07) is 27.5. The summed E-state index contributed by atoms with van der Waals surface area (Å²) in [5.74, 6) is -0.588. The molecule has 0 aliphatic rings. The molecule has 0 aliphatic carbocycles. The van der Waals surface area contributed by atoms with Crippen LogP contribution in [-0.4, -0.2) is 48.4 Å². The van der Waals surface area contributed by atoms with Crippen LogP contribution in [0.15, 0.2) is 97.2 Å². The Labute approximate surface area is 256 Å². The molecule has 0 saturated carbocycles. The van der Waals surface area contributed by atoms with Gasteiger partial charge in [-0.2, -0.15) is 0 Å². The second-order valence-electron chi connectivity index (χ2n) is 10.8. The van der Waals surface area contributed by atoms with Crippen LogP contribution in [0.4, 0.5) is 5.69 Å². The summed E-state index contributed by atoms with van der Waals surface area (Å²) < 4.78 is 32.9. The summed E-state index contributed by atoms with van der Waals surface area (Å²) in [4.78, 5) is 14.7. The highest BCUT2D eigenvalue weighted by Crippen LogP contribution is 2.35. The molecular formula is C34H35N3O6S. The summed E-state index contributed by atoms with van der Waals surface area (Å²) >= 11 is 0. The van der Waals surface area contributed by atoms with E-state index in [1.54, 1.807) is 24.3 Å². The molecule has 5 rings (SSSR count). The van der Waals surface area contributed by atoms with E-state index in [0.29, 0.717) is 28.9 Å². The number of fused-ring (bicyclic) bond motifs is 1. The van der Waals surface area contributed by atoms with Crippen molar-refractivity contribution in [1.29, 1.82) is 0 Å². The number of para-hydroxylation sites is 1. The molecule has 10 heteroatoms. The number of anilines is 1. The number of sulfonamides is 1. The lowest BCUT2D eigenvalue weighted by Crippen LogP contribution is -2.32. The van der Waals surface area contributed by atoms with Crippen LogP contribution in [-0.2, 0) is 23.1 Å². The fraction of sp³-hybridized carbons (Fsp3) is 0.206. The zero-order valence-electron chi connectivity index (χ0n) is 24.4. The molecule has 0 saturated heterocycles. The van der Waals surface area contributed by atoms with Gasteiger partial charge in [0.05, 0.1) is 29.1 Å². The van der Waals surface area contributed by atoms with Crippen LogP contribution < -0.4 is 14.8 Å². The number of aliphatic hydroxyl groups is 1. The van der Waals surface area contributed by atoms with Gasteiger partial charge in [0.25, 0.3) is 0 Å². The van der Waals surface area contributed by atoms with Crippen LogP contribution >= 0.6 is 0 Å². The number of hydrogen-bond donors (Lipinski definition) is 5. The van der Waals surface area contributed by atoms with Gasteiger partial charge < -0.3 is 25.3 Å². The first-order chi connectivity index (χ1) is 21.1. The average molecular weight is 614 g/mol. The number of carboxylic acids is 1. The fourth-order valence-corrected chi connectivity index (χ4v) is 5.83. The number of hydrogen-bond acceptors (Lipinski definition) is 6. The van der Waals surface area contributed by atoms with Crippen LogP contribution in [0.5, 0.6) is 5.75 Å². The van der Waals surface area contributed by atoms with Crippen molar-refractivity contribution in [2.24, 2.45) is 0 Å². The van der Waals surface area contributed by atoms with E-state index < -0.39 is 22.1 Å². The number of H-pyrrole nitrogens is 1. The highest BCUT2D eigenvalue weighted by Gasteiger charge is 2.18. The molecule has 0 unspecified atom stereocenters. The molecule has 5 aromatic rings. The molecule has 9 nitrogen and oxygen atoms in total. The van der Waals surface area contributed by atoms with E-state index in [1.807, 2.05) is 79.9 Å². The molecule has 0 aliphatic heterocycles. The van der Waals surface area contributed by atoms with Gasteiger partial charge in [-0.25, -0.2) is 13.2 Å². The highest BCUT2D eigenvalue weighted by molar-refractivity contribution is 7.92. The maximum atomic E-state index is 12.2. The van der Waals surface area contributed by atoms with E-state index in [9.17, 15) is 23.4 Å². The topological polar surface area (TPSA) is 141 Å². The van der Waals surface area contributed by atoms with Gasteiger partial charge in [-0.15, -0.1) is 0 Å². The number of aromatic nitrogens is 1. The van der Waals surface area contributed by atoms with Crippen LogP contribution in [0, 0.1) is 0 Å². The Hall–Kier alpha value is -4.64. The van der Waals surface area contributed by atoms with E-state index in [1.165, 1.54) is 0 Å². The van der Waals surface area contributed by atoms with Gasteiger partial charge in [-0.1, -0.05) is 72.8 Å². The summed E-state index contributed by atoms with van der Waals surface area (Å²) in [6.07, 6.45) is 2.70. The Balaban J connectivity index is 1.32. The second-order valence-corrected chi connectivity index (χ2v) is 12.6. The van der Waals surface area contributed by atoms with Gasteiger partial charge in [0.15, 0.2) is 0 Å². The first-order valence-electron chi connectivity index (χ1n) is 14.2. The maximum Gasteiger partial charge on any atom is 0.337 e. The van der Waals surface area contributed by atoms with Gasteiger partial charge in [0.2, 0.25) is 10.0 Å². The summed E-state index contributed by atoms with van der Waals surface area (Å²) in [6.45, 7) is 2.56. The van der Waals surface area contributed by atoms with Crippen molar-refractivity contribution in [2.75, 3.05) is 17.5 Å². The van der Waals surface area contributed by atoms with Crippen LogP contribution in [0.1, 0.15) is 40.1 Å².